The van der Waals surface area contributed by atoms with Gasteiger partial charge in [0.1, 0.15) is 0 Å². The van der Waals surface area contributed by atoms with Crippen molar-refractivity contribution in [3.05, 3.63) is 0 Å². The first-order chi connectivity index (χ1) is 6.16. The molecule has 4 heteroatoms. The molecule has 0 aromatic heterocycles. The van der Waals surface area contributed by atoms with Crippen molar-refractivity contribution >= 4 is 5.91 Å². The van der Waals surface area contributed by atoms with E-state index in [1.54, 1.807) is 7.05 Å². The Bertz CT molecular complexity index is 184. The fourth-order valence-electron chi connectivity index (χ4n) is 1.79. The van der Waals surface area contributed by atoms with Gasteiger partial charge in [-0.15, -0.1) is 0 Å². The molecule has 1 saturated carbocycles. The van der Waals surface area contributed by atoms with Gasteiger partial charge in [-0.05, 0) is 12.8 Å². The second-order valence-electron chi connectivity index (χ2n) is 3.57. The first-order valence-corrected chi connectivity index (χ1v) is 4.74. The van der Waals surface area contributed by atoms with Crippen LogP contribution < -0.4 is 5.73 Å². The fraction of sp³-hybridized carbons (Fsp3) is 0.889. The van der Waals surface area contributed by atoms with E-state index in [0.717, 1.165) is 25.7 Å². The lowest BCUT2D eigenvalue weighted by Gasteiger charge is -2.29. The highest BCUT2D eigenvalue weighted by atomic mass is 16.7. The summed E-state index contributed by atoms with van der Waals surface area (Å²) in [7, 11) is 3.12. The maximum Gasteiger partial charge on any atom is 0.250 e. The molecule has 1 aliphatic carbocycles. The highest BCUT2D eigenvalue weighted by Crippen LogP contribution is 2.24. The summed E-state index contributed by atoms with van der Waals surface area (Å²) in [5.74, 6) is -0.0339. The predicted octanol–water partition coefficient (Wildman–Crippen LogP) is 0.524. The Morgan fingerprint density at radius 1 is 1.46 bits per heavy atom. The Balaban J connectivity index is 2.53. The second-order valence-corrected chi connectivity index (χ2v) is 3.57. The van der Waals surface area contributed by atoms with Crippen molar-refractivity contribution in [3.8, 4) is 0 Å². The van der Waals surface area contributed by atoms with Gasteiger partial charge in [0.2, 0.25) is 0 Å². The topological polar surface area (TPSA) is 55.6 Å². The molecular formula is C9H18N2O2. The van der Waals surface area contributed by atoms with Crippen LogP contribution in [0, 0.1) is 5.92 Å². The summed E-state index contributed by atoms with van der Waals surface area (Å²) in [5, 5.41) is 1.27. The summed E-state index contributed by atoms with van der Waals surface area (Å²) in [6, 6.07) is 0.0128. The summed E-state index contributed by atoms with van der Waals surface area (Å²) >= 11 is 0. The number of nitrogens with zero attached hydrogens (tertiary/aromatic N) is 1. The van der Waals surface area contributed by atoms with E-state index in [2.05, 4.69) is 0 Å². The third kappa shape index (κ3) is 2.42. The minimum absolute atomic E-state index is 0.00898. The minimum Gasteiger partial charge on any atom is -0.327 e. The first-order valence-electron chi connectivity index (χ1n) is 4.74. The first kappa shape index (κ1) is 10.5. The molecule has 0 spiro atoms. The highest BCUT2D eigenvalue weighted by Gasteiger charge is 2.30. The SMILES string of the molecule is CON(C)C(=O)C1CCCCC1N. The molecule has 0 heterocycles. The van der Waals surface area contributed by atoms with Gasteiger partial charge >= 0.3 is 0 Å². The number of carbonyl (C=O) groups excluding carboxylic acids is 1. The molecule has 0 saturated heterocycles. The number of hydrogen-bond acceptors (Lipinski definition) is 3. The predicted molar refractivity (Wildman–Crippen MR) is 49.7 cm³/mol. The van der Waals surface area contributed by atoms with Crippen LogP contribution in [-0.2, 0) is 9.63 Å². The quantitative estimate of drug-likeness (QED) is 0.640. The largest absolute Gasteiger partial charge is 0.327 e. The maximum absolute atomic E-state index is 11.7. The van der Waals surface area contributed by atoms with E-state index in [0.29, 0.717) is 0 Å². The Kier molecular flexibility index (Phi) is 3.69. The molecule has 1 aliphatic rings. The number of hydrogen-bond donors (Lipinski definition) is 1. The number of hydroxylamine groups is 2. The molecular weight excluding hydrogens is 168 g/mol. The number of nitrogens with two attached hydrogens (primary N) is 1. The summed E-state index contributed by atoms with van der Waals surface area (Å²) in [5.41, 5.74) is 5.87. The van der Waals surface area contributed by atoms with Crippen LogP contribution in [0.15, 0.2) is 0 Å². The molecule has 76 valence electrons. The molecule has 2 unspecified atom stereocenters. The smallest absolute Gasteiger partial charge is 0.250 e. The van der Waals surface area contributed by atoms with Gasteiger partial charge in [-0.3, -0.25) is 9.63 Å². The zero-order chi connectivity index (χ0) is 9.84. The minimum atomic E-state index is -0.0429. The van der Waals surface area contributed by atoms with Gasteiger partial charge in [0.05, 0.1) is 13.0 Å². The Labute approximate surface area is 79.0 Å². The van der Waals surface area contributed by atoms with Crippen molar-refractivity contribution in [2.24, 2.45) is 11.7 Å². The van der Waals surface area contributed by atoms with Crippen LogP contribution in [0.25, 0.3) is 0 Å². The van der Waals surface area contributed by atoms with Crippen molar-refractivity contribution in [1.82, 2.24) is 5.06 Å². The molecule has 0 radical (unpaired) electrons. The van der Waals surface area contributed by atoms with E-state index < -0.39 is 0 Å². The van der Waals surface area contributed by atoms with Gasteiger partial charge in [0.25, 0.3) is 5.91 Å². The van der Waals surface area contributed by atoms with Crippen molar-refractivity contribution in [1.29, 1.82) is 0 Å². The molecule has 2 atom stereocenters. The van der Waals surface area contributed by atoms with Crippen molar-refractivity contribution in [2.75, 3.05) is 14.2 Å². The van der Waals surface area contributed by atoms with Crippen LogP contribution in [0.3, 0.4) is 0 Å². The summed E-state index contributed by atoms with van der Waals surface area (Å²) in [4.78, 5) is 16.5. The van der Waals surface area contributed by atoms with E-state index in [4.69, 9.17) is 10.6 Å². The standard InChI is InChI=1S/C9H18N2O2/c1-11(13-2)9(12)7-5-3-4-6-8(7)10/h7-8H,3-6,10H2,1-2H3. The Morgan fingerprint density at radius 2 is 2.08 bits per heavy atom. The van der Waals surface area contributed by atoms with Crippen LogP contribution in [0.1, 0.15) is 25.7 Å². The molecule has 4 nitrogen and oxygen atoms in total. The molecule has 0 aromatic rings. The molecule has 1 rings (SSSR count). The number of rotatable bonds is 2. The lowest BCUT2D eigenvalue weighted by Crippen LogP contribution is -2.44. The summed E-state index contributed by atoms with van der Waals surface area (Å²) in [6.45, 7) is 0. The monoisotopic (exact) mass is 186 g/mol. The van der Waals surface area contributed by atoms with Crippen molar-refractivity contribution < 1.29 is 9.63 Å². The van der Waals surface area contributed by atoms with Crippen molar-refractivity contribution in [3.63, 3.8) is 0 Å². The summed E-state index contributed by atoms with van der Waals surface area (Å²) in [6.07, 6.45) is 4.09. The third-order valence-electron chi connectivity index (χ3n) is 2.72. The van der Waals surface area contributed by atoms with Crippen LogP contribution >= 0.6 is 0 Å². The molecule has 0 aliphatic heterocycles. The zero-order valence-corrected chi connectivity index (χ0v) is 8.32. The molecule has 2 N–H and O–H groups in total. The van der Waals surface area contributed by atoms with E-state index in [-0.39, 0.29) is 17.9 Å². The van der Waals surface area contributed by atoms with Gasteiger partial charge in [-0.2, -0.15) is 0 Å². The normalized spacial score (nSPS) is 28.5. The fourth-order valence-corrected chi connectivity index (χ4v) is 1.79. The van der Waals surface area contributed by atoms with Gasteiger partial charge in [-0.1, -0.05) is 12.8 Å². The van der Waals surface area contributed by atoms with Gasteiger partial charge in [0, 0.05) is 13.1 Å². The second kappa shape index (κ2) is 4.58. The average molecular weight is 186 g/mol. The van der Waals surface area contributed by atoms with E-state index in [1.807, 2.05) is 0 Å². The van der Waals surface area contributed by atoms with Gasteiger partial charge < -0.3 is 5.73 Å². The number of amides is 1. The molecule has 1 fully saturated rings. The Morgan fingerprint density at radius 3 is 2.62 bits per heavy atom. The average Bonchev–Trinajstić information content (AvgIpc) is 2.16. The zero-order valence-electron chi connectivity index (χ0n) is 8.32. The van der Waals surface area contributed by atoms with Crippen LogP contribution in [0.5, 0.6) is 0 Å². The van der Waals surface area contributed by atoms with Crippen LogP contribution in [-0.4, -0.2) is 31.2 Å². The molecule has 0 aromatic carbocycles. The lowest BCUT2D eigenvalue weighted by molar-refractivity contribution is -0.175. The van der Waals surface area contributed by atoms with E-state index in [9.17, 15) is 4.79 Å². The Hall–Kier alpha value is -0.610. The van der Waals surface area contributed by atoms with Gasteiger partial charge in [-0.25, -0.2) is 5.06 Å². The van der Waals surface area contributed by atoms with Crippen LogP contribution in [0.4, 0.5) is 0 Å². The third-order valence-corrected chi connectivity index (χ3v) is 2.72. The number of carbonyl (C=O) groups is 1. The maximum atomic E-state index is 11.7. The lowest BCUT2D eigenvalue weighted by atomic mass is 9.84. The molecule has 13 heavy (non-hydrogen) atoms. The van der Waals surface area contributed by atoms with Crippen molar-refractivity contribution in [2.45, 2.75) is 31.7 Å². The summed E-state index contributed by atoms with van der Waals surface area (Å²) < 4.78 is 0. The van der Waals surface area contributed by atoms with Gasteiger partial charge in [0.15, 0.2) is 0 Å². The van der Waals surface area contributed by atoms with E-state index in [1.165, 1.54) is 12.2 Å². The molecule has 0 bridgehead atoms. The van der Waals surface area contributed by atoms with E-state index >= 15 is 0 Å². The van der Waals surface area contributed by atoms with Crippen LogP contribution in [0.2, 0.25) is 0 Å². The highest BCUT2D eigenvalue weighted by molar-refractivity contribution is 5.78. The molecule has 1 amide bonds.